The summed E-state index contributed by atoms with van der Waals surface area (Å²) in [6.45, 7) is 4.24. The molecule has 0 radical (unpaired) electrons. The highest BCUT2D eigenvalue weighted by Crippen LogP contribution is 2.19. The molecule has 0 spiro atoms. The predicted octanol–water partition coefficient (Wildman–Crippen LogP) is 1.99. The summed E-state index contributed by atoms with van der Waals surface area (Å²) in [5, 5.41) is 7.59. The molecule has 98 valence electrons. The summed E-state index contributed by atoms with van der Waals surface area (Å²) in [6, 6.07) is 7.98. The number of nitrogens with zero attached hydrogens (tertiary/aromatic N) is 1. The second-order valence-electron chi connectivity index (χ2n) is 4.74. The Morgan fingerprint density at radius 3 is 2.44 bits per heavy atom. The molecule has 4 heteroatoms. The fraction of sp³-hybridized carbons (Fsp3) is 0.500. The van der Waals surface area contributed by atoms with Gasteiger partial charge in [-0.05, 0) is 24.6 Å². The van der Waals surface area contributed by atoms with E-state index in [0.717, 1.165) is 37.2 Å². The Morgan fingerprint density at radius 1 is 1.33 bits per heavy atom. The van der Waals surface area contributed by atoms with E-state index in [1.165, 1.54) is 0 Å². The lowest BCUT2D eigenvalue weighted by Gasteiger charge is -2.32. The molecule has 3 N–H and O–H groups in total. The molecule has 2 rings (SSSR count). The van der Waals surface area contributed by atoms with Crippen molar-refractivity contribution in [3.63, 3.8) is 0 Å². The van der Waals surface area contributed by atoms with Crippen LogP contribution in [0.2, 0.25) is 0 Å². The molecule has 0 amide bonds. The van der Waals surface area contributed by atoms with Gasteiger partial charge in [-0.15, -0.1) is 0 Å². The van der Waals surface area contributed by atoms with Crippen molar-refractivity contribution in [1.82, 2.24) is 4.90 Å². The Kier molecular flexibility index (Phi) is 4.20. The van der Waals surface area contributed by atoms with Crippen molar-refractivity contribution in [3.05, 3.63) is 29.8 Å². The number of piperidine rings is 1. The number of likely N-dealkylation sites (tertiary alicyclic amines) is 1. The molecule has 0 unspecified atom stereocenters. The quantitative estimate of drug-likeness (QED) is 0.634. The molecule has 0 aromatic heterocycles. The summed E-state index contributed by atoms with van der Waals surface area (Å²) in [6.07, 6.45) is 2.23. The van der Waals surface area contributed by atoms with Crippen LogP contribution >= 0.6 is 0 Å². The van der Waals surface area contributed by atoms with Gasteiger partial charge in [0.15, 0.2) is 0 Å². The first-order chi connectivity index (χ1) is 8.69. The zero-order chi connectivity index (χ0) is 13.0. The summed E-state index contributed by atoms with van der Waals surface area (Å²) < 4.78 is 5.94. The lowest BCUT2D eigenvalue weighted by Crippen LogP contribution is -2.40. The van der Waals surface area contributed by atoms with E-state index in [-0.39, 0.29) is 6.10 Å². The number of amidine groups is 1. The molecule has 0 bridgehead atoms. The van der Waals surface area contributed by atoms with Crippen LogP contribution in [0.15, 0.2) is 24.3 Å². The molecule has 1 heterocycles. The summed E-state index contributed by atoms with van der Waals surface area (Å²) >= 11 is 0. The van der Waals surface area contributed by atoms with Crippen LogP contribution < -0.4 is 10.5 Å². The first kappa shape index (κ1) is 12.9. The SMILES string of the molecule is CC(=N)N1CCC(Oc2ccc(CN)cc2)CC1. The largest absolute Gasteiger partial charge is 0.490 e. The molecule has 1 aliphatic heterocycles. The first-order valence-electron chi connectivity index (χ1n) is 6.45. The molecule has 0 atom stereocenters. The highest BCUT2D eigenvalue weighted by molar-refractivity contribution is 5.76. The van der Waals surface area contributed by atoms with Gasteiger partial charge in [0, 0.05) is 32.5 Å². The van der Waals surface area contributed by atoms with Crippen LogP contribution in [0.25, 0.3) is 0 Å². The van der Waals surface area contributed by atoms with E-state index in [0.29, 0.717) is 12.4 Å². The van der Waals surface area contributed by atoms with Crippen molar-refractivity contribution >= 4 is 5.84 Å². The van der Waals surface area contributed by atoms with Gasteiger partial charge in [-0.3, -0.25) is 5.41 Å². The number of benzene rings is 1. The number of rotatable bonds is 3. The average Bonchev–Trinajstić information content (AvgIpc) is 2.40. The van der Waals surface area contributed by atoms with Crippen molar-refractivity contribution in [3.8, 4) is 5.75 Å². The normalized spacial score (nSPS) is 16.7. The maximum Gasteiger partial charge on any atom is 0.119 e. The topological polar surface area (TPSA) is 62.3 Å². The maximum absolute atomic E-state index is 7.59. The fourth-order valence-corrected chi connectivity index (χ4v) is 2.21. The molecule has 1 aromatic rings. The minimum atomic E-state index is 0.268. The number of ether oxygens (including phenoxy) is 1. The van der Waals surface area contributed by atoms with E-state index in [1.54, 1.807) is 0 Å². The van der Waals surface area contributed by atoms with Gasteiger partial charge in [-0.2, -0.15) is 0 Å². The summed E-state index contributed by atoms with van der Waals surface area (Å²) in [5.41, 5.74) is 6.68. The molecule has 1 fully saturated rings. The summed E-state index contributed by atoms with van der Waals surface area (Å²) in [4.78, 5) is 2.09. The van der Waals surface area contributed by atoms with Crippen molar-refractivity contribution in [2.24, 2.45) is 5.73 Å². The Labute approximate surface area is 108 Å². The Bertz CT molecular complexity index is 394. The molecule has 1 saturated heterocycles. The highest BCUT2D eigenvalue weighted by Gasteiger charge is 2.20. The van der Waals surface area contributed by atoms with Crippen LogP contribution in [-0.4, -0.2) is 29.9 Å². The molecular weight excluding hydrogens is 226 g/mol. The second-order valence-corrected chi connectivity index (χ2v) is 4.74. The van der Waals surface area contributed by atoms with Gasteiger partial charge in [-0.1, -0.05) is 12.1 Å². The third kappa shape index (κ3) is 3.23. The van der Waals surface area contributed by atoms with E-state index < -0.39 is 0 Å². The smallest absolute Gasteiger partial charge is 0.119 e. The molecule has 0 aliphatic carbocycles. The van der Waals surface area contributed by atoms with Crippen LogP contribution in [0.1, 0.15) is 25.3 Å². The Balaban J connectivity index is 1.85. The van der Waals surface area contributed by atoms with Crippen LogP contribution in [0.4, 0.5) is 0 Å². The molecule has 0 saturated carbocycles. The van der Waals surface area contributed by atoms with Gasteiger partial charge < -0.3 is 15.4 Å². The zero-order valence-electron chi connectivity index (χ0n) is 10.9. The van der Waals surface area contributed by atoms with Crippen LogP contribution in [-0.2, 0) is 6.54 Å². The fourth-order valence-electron chi connectivity index (χ4n) is 2.21. The molecule has 1 aromatic carbocycles. The second kappa shape index (κ2) is 5.87. The third-order valence-corrected chi connectivity index (χ3v) is 3.38. The summed E-state index contributed by atoms with van der Waals surface area (Å²) in [7, 11) is 0. The van der Waals surface area contributed by atoms with E-state index >= 15 is 0 Å². The Morgan fingerprint density at radius 2 is 1.94 bits per heavy atom. The lowest BCUT2D eigenvalue weighted by molar-refractivity contribution is 0.130. The molecule has 4 nitrogen and oxygen atoms in total. The predicted molar refractivity (Wildman–Crippen MR) is 73.0 cm³/mol. The lowest BCUT2D eigenvalue weighted by atomic mass is 10.1. The van der Waals surface area contributed by atoms with Gasteiger partial charge in [0.05, 0.1) is 5.84 Å². The van der Waals surface area contributed by atoms with E-state index in [1.807, 2.05) is 31.2 Å². The van der Waals surface area contributed by atoms with Gasteiger partial charge in [-0.25, -0.2) is 0 Å². The van der Waals surface area contributed by atoms with Crippen LogP contribution in [0.3, 0.4) is 0 Å². The van der Waals surface area contributed by atoms with E-state index in [2.05, 4.69) is 4.90 Å². The average molecular weight is 247 g/mol. The van der Waals surface area contributed by atoms with Gasteiger partial charge in [0.1, 0.15) is 11.9 Å². The van der Waals surface area contributed by atoms with E-state index in [9.17, 15) is 0 Å². The van der Waals surface area contributed by atoms with Gasteiger partial charge in [0.25, 0.3) is 0 Å². The van der Waals surface area contributed by atoms with Crippen molar-refractivity contribution in [1.29, 1.82) is 5.41 Å². The van der Waals surface area contributed by atoms with Crippen LogP contribution in [0.5, 0.6) is 5.75 Å². The minimum Gasteiger partial charge on any atom is -0.490 e. The molecular formula is C14H21N3O. The standard InChI is InChI=1S/C14H21N3O/c1-11(16)17-8-6-14(7-9-17)18-13-4-2-12(10-15)3-5-13/h2-5,14,16H,6-10,15H2,1H3. The molecule has 18 heavy (non-hydrogen) atoms. The Hall–Kier alpha value is -1.55. The zero-order valence-corrected chi connectivity index (χ0v) is 10.9. The summed E-state index contributed by atoms with van der Waals surface area (Å²) in [5.74, 6) is 1.57. The van der Waals surface area contributed by atoms with Gasteiger partial charge in [0.2, 0.25) is 0 Å². The van der Waals surface area contributed by atoms with Crippen molar-refractivity contribution < 1.29 is 4.74 Å². The maximum atomic E-state index is 7.59. The van der Waals surface area contributed by atoms with Crippen LogP contribution in [0, 0.1) is 5.41 Å². The van der Waals surface area contributed by atoms with Gasteiger partial charge >= 0.3 is 0 Å². The number of nitrogens with one attached hydrogen (secondary N) is 1. The molecule has 1 aliphatic rings. The first-order valence-corrected chi connectivity index (χ1v) is 6.45. The van der Waals surface area contributed by atoms with E-state index in [4.69, 9.17) is 15.9 Å². The van der Waals surface area contributed by atoms with Crippen molar-refractivity contribution in [2.75, 3.05) is 13.1 Å². The monoisotopic (exact) mass is 247 g/mol. The number of hydrogen-bond donors (Lipinski definition) is 2. The van der Waals surface area contributed by atoms with Crippen molar-refractivity contribution in [2.45, 2.75) is 32.4 Å². The number of nitrogens with two attached hydrogens (primary N) is 1. The minimum absolute atomic E-state index is 0.268. The number of hydrogen-bond acceptors (Lipinski definition) is 3. The third-order valence-electron chi connectivity index (χ3n) is 3.38. The highest BCUT2D eigenvalue weighted by atomic mass is 16.5.